The molecule has 13 aliphatic carbocycles. The molecule has 114 heavy (non-hydrogen) atoms. The third-order valence-electron chi connectivity index (χ3n) is 30.0. The molecule has 3 radical (unpaired) electrons. The summed E-state index contributed by atoms with van der Waals surface area (Å²) in [6.07, 6.45) is 21.4. The maximum Gasteiger partial charge on any atom is 0.167 e. The molecule has 9 unspecified atom stereocenters. The molecule has 19 rings (SSSR count). The zero-order valence-corrected chi connectivity index (χ0v) is 79.6. The summed E-state index contributed by atoms with van der Waals surface area (Å²) in [5, 5.41) is 9.92. The number of allylic oxidation sites excluding steroid dienone is 8. The molecule has 0 heterocycles. The number of benzene rings is 6. The standard InChI is InChI=1S/C18H20O2.C18H23O2.C18H20O.C18H21O.C17H18O2.C13H15O.3Y/c1-10-6-14-13(7-15(10)20-3)9-18-5-4-12(8-18)17(19)11(2)16(14)18;1-5-15(19)7-8-18(6-2)11-14-9-12(3)13(4)10-16(14)17(18)20;1-10-6-14-9-18-5-4-13(8-18)17(19)12(3)16(18)15(14)7-11(10)2;1-5-18-7-6-16(19)13(4)17(18)15-9-12(3)11(2)8-14(15)10-18;1-9-5-13-12(6-14(9)18)8-17-4-3-11(7-17)16(19)10(2)15(13)17;1-4-10-7-11-5-8(2)9(3)6-12(11)13(10)14;;;/h6-7,12H,4-5,8-9H2,1-3H3;9-10H,2,5-8,11H2,1,3-4H3;6-7,13H,4-5,8-9H2,1-3H3;8-9H,1,5-7,10H2,2-4H3;5-6,11,18H,3-4,7-8H2,1-2H3;5-6,10H,1,4,7H2,2-3H3;;;/q;-1;;-1;;-1;;;. The van der Waals surface area contributed by atoms with Gasteiger partial charge in [0, 0.05) is 168 Å². The van der Waals surface area contributed by atoms with Gasteiger partial charge in [-0.1, -0.05) is 43.3 Å². The minimum atomic E-state index is -0.451. The van der Waals surface area contributed by atoms with Crippen molar-refractivity contribution < 1.29 is 142 Å². The van der Waals surface area contributed by atoms with Crippen LogP contribution in [0, 0.1) is 141 Å². The summed E-state index contributed by atoms with van der Waals surface area (Å²) in [6, 6.07) is 26.0. The second-order valence-electron chi connectivity index (χ2n) is 36.5. The molecule has 6 bridgehead atoms. The van der Waals surface area contributed by atoms with Crippen LogP contribution in [-0.2, 0) is 161 Å². The van der Waals surface area contributed by atoms with Gasteiger partial charge in [0.2, 0.25) is 0 Å². The fourth-order valence-corrected chi connectivity index (χ4v) is 23.2. The largest absolute Gasteiger partial charge is 0.508 e. The van der Waals surface area contributed by atoms with Crippen molar-refractivity contribution in [3.8, 4) is 11.5 Å². The molecule has 12 heteroatoms. The SMILES string of the molecule is CC1=C2c3cc(C)c(C)cc3CC23CCC(C3)C1=O.CC1=C2c3cc(C)c(O)cc3CC23CCC(C3)C1=O.COc1cc2c(cc1C)C1=C(C)C(=O)C3CCC1(C2)C3.[CH2-]CC1(CCC(=O)CC)Cc2cc(C)c(C)cc2C1=O.[CH2-]CC12CCC(=O)C(C)=C1c1cc(C)c(C)cc1C2.[CH2-]CC1Cc2cc(C)c(C)cc2C1=O.[Y].[Y].[Y]. The number of hydrogen-bond acceptors (Lipinski definition) is 9. The number of rotatable bonds is 8. The molecule has 0 saturated heterocycles. The third-order valence-corrected chi connectivity index (χ3v) is 30.0. The molecule has 6 aromatic carbocycles. The van der Waals surface area contributed by atoms with E-state index in [2.05, 4.69) is 138 Å². The zero-order valence-electron chi connectivity index (χ0n) is 71.1. The van der Waals surface area contributed by atoms with Gasteiger partial charge in [-0.3, -0.25) is 33.6 Å². The molecule has 13 aliphatic rings. The predicted octanol–water partition coefficient (Wildman–Crippen LogP) is 22.2. The van der Waals surface area contributed by atoms with E-state index in [9.17, 15) is 38.7 Å². The number of phenolic OH excluding ortho intramolecular Hbond substituents is 1. The van der Waals surface area contributed by atoms with Gasteiger partial charge in [-0.25, -0.2) is 0 Å². The number of fused-ring (bicyclic) bond motifs is 14. The van der Waals surface area contributed by atoms with E-state index in [0.29, 0.717) is 78.7 Å². The Hall–Kier alpha value is -5.12. The summed E-state index contributed by atoms with van der Waals surface area (Å²) in [4.78, 5) is 85.5. The van der Waals surface area contributed by atoms with Crippen molar-refractivity contribution in [1.29, 1.82) is 0 Å². The van der Waals surface area contributed by atoms with E-state index < -0.39 is 5.41 Å². The summed E-state index contributed by atoms with van der Waals surface area (Å²) in [5.41, 5.74) is 37.1. The average Bonchev–Trinajstić information content (AvgIpc) is 1.55. The van der Waals surface area contributed by atoms with Crippen LogP contribution >= 0.6 is 0 Å². The van der Waals surface area contributed by atoms with Crippen molar-refractivity contribution in [3.05, 3.63) is 238 Å². The van der Waals surface area contributed by atoms with Gasteiger partial charge in [-0.2, -0.15) is 19.3 Å². The molecular weight excluding hydrogens is 1640 g/mol. The minimum Gasteiger partial charge on any atom is -0.508 e. The van der Waals surface area contributed by atoms with Crippen LogP contribution < -0.4 is 4.74 Å². The smallest absolute Gasteiger partial charge is 0.167 e. The quantitative estimate of drug-likeness (QED) is 0.147. The van der Waals surface area contributed by atoms with Gasteiger partial charge in [-0.05, 0) is 410 Å². The summed E-state index contributed by atoms with van der Waals surface area (Å²) in [6.45, 7) is 43.0. The fraction of sp³-hybridized carbons (Fsp3) is 0.471. The van der Waals surface area contributed by atoms with Crippen LogP contribution in [0.4, 0.5) is 0 Å². The van der Waals surface area contributed by atoms with E-state index in [1.165, 1.54) is 131 Å². The number of aryl methyl sites for hydroxylation is 10. The molecule has 6 aromatic rings. The van der Waals surface area contributed by atoms with Gasteiger partial charge >= 0.3 is 0 Å². The summed E-state index contributed by atoms with van der Waals surface area (Å²) < 4.78 is 5.47. The fourth-order valence-electron chi connectivity index (χ4n) is 23.2. The van der Waals surface area contributed by atoms with E-state index in [-0.39, 0.29) is 149 Å². The number of aromatic hydroxyl groups is 1. The first-order valence-electron chi connectivity index (χ1n) is 41.6. The monoisotopic (exact) mass is 1750 g/mol. The van der Waals surface area contributed by atoms with Crippen molar-refractivity contribution in [2.24, 2.45) is 50.7 Å². The molecule has 0 amide bonds. The van der Waals surface area contributed by atoms with Gasteiger partial charge < -0.3 is 30.6 Å². The van der Waals surface area contributed by atoms with Crippen LogP contribution in [0.15, 0.2) is 95.1 Å². The van der Waals surface area contributed by atoms with Gasteiger partial charge in [0.25, 0.3) is 0 Å². The van der Waals surface area contributed by atoms with Crippen LogP contribution in [0.1, 0.15) is 276 Å². The third kappa shape index (κ3) is 15.4. The van der Waals surface area contributed by atoms with Crippen molar-refractivity contribution in [3.63, 3.8) is 0 Å². The van der Waals surface area contributed by atoms with Crippen molar-refractivity contribution in [2.45, 2.75) is 252 Å². The van der Waals surface area contributed by atoms with E-state index in [1.54, 1.807) is 7.11 Å². The van der Waals surface area contributed by atoms with Gasteiger partial charge in [0.05, 0.1) is 7.11 Å². The Morgan fingerprint density at radius 1 is 0.430 bits per heavy atom. The number of ketones is 7. The van der Waals surface area contributed by atoms with E-state index in [1.807, 2.05) is 59.7 Å². The molecule has 0 aromatic heterocycles. The van der Waals surface area contributed by atoms with Crippen LogP contribution in [-0.4, -0.2) is 52.7 Å². The normalized spacial score (nSPS) is 26.3. The summed E-state index contributed by atoms with van der Waals surface area (Å²) >= 11 is 0. The van der Waals surface area contributed by atoms with Gasteiger partial charge in [0.15, 0.2) is 34.7 Å². The number of carbonyl (C=O) groups is 7. The Balaban J connectivity index is 0.000000135. The maximum atomic E-state index is 12.8. The zero-order chi connectivity index (χ0) is 79.8. The molecule has 0 aliphatic heterocycles. The number of ether oxygens (including phenoxy) is 1. The number of phenols is 1. The Labute approximate surface area is 755 Å². The first kappa shape index (κ1) is 89.7. The van der Waals surface area contributed by atoms with Crippen LogP contribution in [0.3, 0.4) is 0 Å². The predicted molar refractivity (Wildman–Crippen MR) is 447 cm³/mol. The molecule has 3 saturated carbocycles. The van der Waals surface area contributed by atoms with Crippen molar-refractivity contribution in [2.75, 3.05) is 7.11 Å². The Morgan fingerprint density at radius 3 is 1.25 bits per heavy atom. The minimum absolute atomic E-state index is 0. The van der Waals surface area contributed by atoms with Crippen molar-refractivity contribution in [1.82, 2.24) is 0 Å². The topological polar surface area (TPSA) is 149 Å². The van der Waals surface area contributed by atoms with E-state index in [0.717, 1.165) is 151 Å². The Kier molecular flexibility index (Phi) is 26.9. The molecule has 9 atom stereocenters. The first-order valence-corrected chi connectivity index (χ1v) is 41.6. The van der Waals surface area contributed by atoms with Crippen molar-refractivity contribution >= 4 is 62.8 Å². The summed E-state index contributed by atoms with van der Waals surface area (Å²) in [5.74, 6) is 4.57. The van der Waals surface area contributed by atoms with Crippen LogP contribution in [0.5, 0.6) is 11.5 Å². The second kappa shape index (κ2) is 34.2. The number of carbonyl (C=O) groups excluding carboxylic acids is 7. The molecule has 1 N–H and O–H groups in total. The molecule has 591 valence electrons. The number of methoxy groups -OCH3 is 1. The molecule has 3 fully saturated rings. The first-order chi connectivity index (χ1) is 52.6. The maximum absolute atomic E-state index is 12.8. The molecule has 3 spiro atoms. The Morgan fingerprint density at radius 2 is 0.816 bits per heavy atom. The van der Waals surface area contributed by atoms with Crippen LogP contribution in [0.2, 0.25) is 0 Å². The second-order valence-corrected chi connectivity index (χ2v) is 36.5. The summed E-state index contributed by atoms with van der Waals surface area (Å²) in [7, 11) is 1.73. The van der Waals surface area contributed by atoms with Crippen LogP contribution in [0.25, 0.3) is 22.3 Å². The molecular formula is C102H117O9Y3-3. The molecule has 9 nitrogen and oxygen atoms in total. The van der Waals surface area contributed by atoms with Gasteiger partial charge in [-0.15, -0.1) is 0 Å². The van der Waals surface area contributed by atoms with E-state index in [4.69, 9.17) is 4.74 Å². The van der Waals surface area contributed by atoms with E-state index >= 15 is 0 Å². The average molecular weight is 1750 g/mol. The number of hydrogen-bond donors (Lipinski definition) is 1. The Bertz CT molecular complexity index is 4980. The van der Waals surface area contributed by atoms with Gasteiger partial charge in [0.1, 0.15) is 17.3 Å². The number of Topliss-reactive ketones (excluding diaryl/α,β-unsaturated/α-hetero) is 7.